The quantitative estimate of drug-likeness (QED) is 0.711. The highest BCUT2D eigenvalue weighted by molar-refractivity contribution is 5.75. The van der Waals surface area contributed by atoms with E-state index in [1.165, 1.54) is 5.56 Å². The normalized spacial score (nSPS) is 12.0. The van der Waals surface area contributed by atoms with Crippen LogP contribution in [-0.2, 0) is 4.79 Å². The Morgan fingerprint density at radius 2 is 1.95 bits per heavy atom. The summed E-state index contributed by atoms with van der Waals surface area (Å²) in [6.07, 6.45) is 2.41. The summed E-state index contributed by atoms with van der Waals surface area (Å²) in [7, 11) is 3.55. The Balaban J connectivity index is 2.32. The number of nitrogens with zero attached hydrogens (tertiary/aromatic N) is 1. The Morgan fingerprint density at radius 1 is 1.29 bits per heavy atom. The summed E-state index contributed by atoms with van der Waals surface area (Å²) in [6, 6.07) is 8.53. The van der Waals surface area contributed by atoms with Crippen molar-refractivity contribution in [2.75, 3.05) is 27.2 Å². The number of nitrogens with one attached hydrogen (secondary N) is 1. The molecule has 0 aliphatic heterocycles. The van der Waals surface area contributed by atoms with E-state index >= 15 is 0 Å². The summed E-state index contributed by atoms with van der Waals surface area (Å²) in [6.45, 7) is 5.93. The van der Waals surface area contributed by atoms with Gasteiger partial charge in [0.15, 0.2) is 0 Å². The molecule has 1 amide bonds. The molecule has 0 fully saturated rings. The third-order valence-corrected chi connectivity index (χ3v) is 3.38. The van der Waals surface area contributed by atoms with Crippen LogP contribution in [0.15, 0.2) is 24.3 Å². The molecule has 1 unspecified atom stereocenters. The molecule has 1 rings (SSSR count). The minimum absolute atomic E-state index is 0.143. The molecule has 0 aliphatic carbocycles. The maximum absolute atomic E-state index is 11.4. The lowest BCUT2D eigenvalue weighted by molar-refractivity contribution is -0.128. The molecule has 4 nitrogen and oxygen atoms in total. The molecule has 1 aromatic carbocycles. The summed E-state index contributed by atoms with van der Waals surface area (Å²) in [5.74, 6) is 1.00. The molecule has 0 saturated heterocycles. The topological polar surface area (TPSA) is 41.6 Å². The first-order valence-corrected chi connectivity index (χ1v) is 7.71. The van der Waals surface area contributed by atoms with Gasteiger partial charge in [0.1, 0.15) is 5.75 Å². The van der Waals surface area contributed by atoms with Gasteiger partial charge in [0.2, 0.25) is 5.91 Å². The van der Waals surface area contributed by atoms with E-state index in [1.54, 1.807) is 19.0 Å². The number of rotatable bonds is 9. The van der Waals surface area contributed by atoms with Crippen LogP contribution >= 0.6 is 0 Å². The second kappa shape index (κ2) is 9.40. The molecule has 0 heterocycles. The summed E-state index contributed by atoms with van der Waals surface area (Å²) < 4.78 is 5.66. The first-order valence-electron chi connectivity index (χ1n) is 7.71. The molecule has 1 N–H and O–H groups in total. The van der Waals surface area contributed by atoms with Crippen LogP contribution in [-0.4, -0.2) is 38.1 Å². The molecule has 0 radical (unpaired) electrons. The van der Waals surface area contributed by atoms with E-state index in [9.17, 15) is 4.79 Å². The van der Waals surface area contributed by atoms with Crippen LogP contribution in [0.5, 0.6) is 5.75 Å². The van der Waals surface area contributed by atoms with Crippen molar-refractivity contribution >= 4 is 5.91 Å². The largest absolute Gasteiger partial charge is 0.494 e. The Morgan fingerprint density at radius 3 is 2.52 bits per heavy atom. The van der Waals surface area contributed by atoms with E-state index in [4.69, 9.17) is 4.74 Å². The van der Waals surface area contributed by atoms with E-state index in [-0.39, 0.29) is 5.91 Å². The third kappa shape index (κ3) is 6.63. The van der Waals surface area contributed by atoms with Crippen molar-refractivity contribution in [1.82, 2.24) is 10.2 Å². The van der Waals surface area contributed by atoms with Crippen LogP contribution in [0, 0.1) is 0 Å². The minimum atomic E-state index is 0.143. The molecular weight excluding hydrogens is 264 g/mol. The zero-order valence-electron chi connectivity index (χ0n) is 13.7. The number of benzene rings is 1. The van der Waals surface area contributed by atoms with E-state index < -0.39 is 0 Å². The van der Waals surface area contributed by atoms with Gasteiger partial charge >= 0.3 is 0 Å². The van der Waals surface area contributed by atoms with Crippen LogP contribution in [0.1, 0.15) is 44.7 Å². The zero-order valence-corrected chi connectivity index (χ0v) is 13.7. The Kier molecular flexibility index (Phi) is 7.83. The van der Waals surface area contributed by atoms with E-state index in [0.717, 1.165) is 25.1 Å². The van der Waals surface area contributed by atoms with Gasteiger partial charge in [-0.1, -0.05) is 19.1 Å². The van der Waals surface area contributed by atoms with Crippen molar-refractivity contribution in [3.8, 4) is 5.75 Å². The number of carbonyl (C=O) groups is 1. The predicted molar refractivity (Wildman–Crippen MR) is 86.6 cm³/mol. The molecule has 4 heteroatoms. The predicted octanol–water partition coefficient (Wildman–Crippen LogP) is 2.99. The number of ether oxygens (including phenoxy) is 1. The van der Waals surface area contributed by atoms with Gasteiger partial charge in [-0.05, 0) is 44.0 Å². The van der Waals surface area contributed by atoms with Gasteiger partial charge in [0.05, 0.1) is 6.61 Å². The summed E-state index contributed by atoms with van der Waals surface area (Å²) in [5, 5.41) is 3.46. The fourth-order valence-electron chi connectivity index (χ4n) is 1.97. The highest BCUT2D eigenvalue weighted by atomic mass is 16.5. The van der Waals surface area contributed by atoms with Crippen molar-refractivity contribution in [3.63, 3.8) is 0 Å². The summed E-state index contributed by atoms with van der Waals surface area (Å²) in [5.41, 5.74) is 1.26. The molecule has 21 heavy (non-hydrogen) atoms. The monoisotopic (exact) mass is 292 g/mol. The molecule has 118 valence electrons. The Hall–Kier alpha value is -1.55. The lowest BCUT2D eigenvalue weighted by atomic mass is 10.1. The van der Waals surface area contributed by atoms with Gasteiger partial charge in [0, 0.05) is 26.6 Å². The number of carbonyl (C=O) groups excluding carboxylic acids is 1. The van der Waals surface area contributed by atoms with Crippen LogP contribution < -0.4 is 10.1 Å². The lowest BCUT2D eigenvalue weighted by Crippen LogP contribution is -2.21. The van der Waals surface area contributed by atoms with Crippen molar-refractivity contribution in [2.24, 2.45) is 0 Å². The number of hydrogen-bond donors (Lipinski definition) is 1. The second-order valence-corrected chi connectivity index (χ2v) is 5.49. The Bertz CT molecular complexity index is 415. The van der Waals surface area contributed by atoms with Crippen LogP contribution in [0.25, 0.3) is 0 Å². The lowest BCUT2D eigenvalue weighted by Gasteiger charge is -2.14. The van der Waals surface area contributed by atoms with Crippen molar-refractivity contribution in [3.05, 3.63) is 29.8 Å². The SMILES string of the molecule is CCCNC(C)c1ccc(OCCCC(=O)N(C)C)cc1. The van der Waals surface area contributed by atoms with Crippen LogP contribution in [0.2, 0.25) is 0 Å². The highest BCUT2D eigenvalue weighted by Crippen LogP contribution is 2.17. The summed E-state index contributed by atoms with van der Waals surface area (Å²) in [4.78, 5) is 13.0. The van der Waals surface area contributed by atoms with Crippen molar-refractivity contribution in [1.29, 1.82) is 0 Å². The van der Waals surface area contributed by atoms with Gasteiger partial charge in [0.25, 0.3) is 0 Å². The average molecular weight is 292 g/mol. The van der Waals surface area contributed by atoms with Gasteiger partial charge in [-0.2, -0.15) is 0 Å². The molecule has 0 aliphatic rings. The van der Waals surface area contributed by atoms with Gasteiger partial charge in [-0.3, -0.25) is 4.79 Å². The highest BCUT2D eigenvalue weighted by Gasteiger charge is 2.05. The molecule has 0 aromatic heterocycles. The summed E-state index contributed by atoms with van der Waals surface area (Å²) >= 11 is 0. The maximum atomic E-state index is 11.4. The zero-order chi connectivity index (χ0) is 15.7. The smallest absolute Gasteiger partial charge is 0.222 e. The van der Waals surface area contributed by atoms with Crippen LogP contribution in [0.3, 0.4) is 0 Å². The van der Waals surface area contributed by atoms with Gasteiger partial charge in [-0.15, -0.1) is 0 Å². The fraction of sp³-hybridized carbons (Fsp3) is 0.588. The fourth-order valence-corrected chi connectivity index (χ4v) is 1.97. The third-order valence-electron chi connectivity index (χ3n) is 3.38. The first-order chi connectivity index (χ1) is 10.0. The minimum Gasteiger partial charge on any atom is -0.494 e. The van der Waals surface area contributed by atoms with E-state index in [1.807, 2.05) is 12.1 Å². The number of hydrogen-bond acceptors (Lipinski definition) is 3. The van der Waals surface area contributed by atoms with Gasteiger partial charge < -0.3 is 15.0 Å². The molecule has 0 bridgehead atoms. The standard InChI is InChI=1S/C17H28N2O2/c1-5-12-18-14(2)15-8-10-16(11-9-15)21-13-6-7-17(20)19(3)4/h8-11,14,18H,5-7,12-13H2,1-4H3. The molecule has 0 spiro atoms. The maximum Gasteiger partial charge on any atom is 0.222 e. The molecular formula is C17H28N2O2. The molecule has 1 atom stereocenters. The Labute approximate surface area is 128 Å². The first kappa shape index (κ1) is 17.5. The average Bonchev–Trinajstić information content (AvgIpc) is 2.49. The molecule has 1 aromatic rings. The van der Waals surface area contributed by atoms with Crippen LogP contribution in [0.4, 0.5) is 0 Å². The van der Waals surface area contributed by atoms with Gasteiger partial charge in [-0.25, -0.2) is 0 Å². The van der Waals surface area contributed by atoms with Crippen molar-refractivity contribution < 1.29 is 9.53 Å². The van der Waals surface area contributed by atoms with E-state index in [0.29, 0.717) is 19.1 Å². The second-order valence-electron chi connectivity index (χ2n) is 5.49. The number of amides is 1. The van der Waals surface area contributed by atoms with Crippen molar-refractivity contribution in [2.45, 2.75) is 39.2 Å². The molecule has 0 saturated carbocycles. The van der Waals surface area contributed by atoms with E-state index in [2.05, 4.69) is 31.3 Å².